The van der Waals surface area contributed by atoms with E-state index < -0.39 is 0 Å². The second kappa shape index (κ2) is 5.81. The molecule has 0 spiro atoms. The van der Waals surface area contributed by atoms with Gasteiger partial charge in [-0.25, -0.2) is 4.98 Å². The Balaban J connectivity index is 2.08. The second-order valence-corrected chi connectivity index (χ2v) is 7.11. The predicted molar refractivity (Wildman–Crippen MR) is 86.0 cm³/mol. The fourth-order valence-electron chi connectivity index (χ4n) is 1.84. The van der Waals surface area contributed by atoms with Gasteiger partial charge in [0.1, 0.15) is 0 Å². The minimum absolute atomic E-state index is 0.0472. The zero-order valence-corrected chi connectivity index (χ0v) is 13.5. The van der Waals surface area contributed by atoms with Crippen molar-refractivity contribution in [2.75, 3.05) is 5.32 Å². The van der Waals surface area contributed by atoms with E-state index in [0.29, 0.717) is 12.1 Å². The Hall–Kier alpha value is -1.95. The third kappa shape index (κ3) is 3.78. The summed E-state index contributed by atoms with van der Waals surface area (Å²) in [6, 6.07) is 5.18. The largest absolute Gasteiger partial charge is 0.380 e. The van der Waals surface area contributed by atoms with Crippen LogP contribution in [0.2, 0.25) is 0 Å². The van der Waals surface area contributed by atoms with Gasteiger partial charge in [-0.3, -0.25) is 10.1 Å². The number of aryl methyl sites for hydroxylation is 1. The van der Waals surface area contributed by atoms with E-state index in [1.165, 1.54) is 0 Å². The van der Waals surface area contributed by atoms with Crippen LogP contribution in [-0.4, -0.2) is 9.91 Å². The van der Waals surface area contributed by atoms with Gasteiger partial charge in [-0.2, -0.15) is 0 Å². The fourth-order valence-corrected chi connectivity index (χ4v) is 2.75. The summed E-state index contributed by atoms with van der Waals surface area (Å²) < 4.78 is 0. The van der Waals surface area contributed by atoms with Crippen LogP contribution in [0.15, 0.2) is 24.4 Å². The van der Waals surface area contributed by atoms with Crippen LogP contribution in [0.4, 0.5) is 11.4 Å². The number of rotatable bonds is 4. The standard InChI is InChI=1S/C15H19N3O2S/c1-10-5-6-11(7-13(10)18(19)20)16-8-12-9-17-14(21-12)15(2,3)4/h5-7,9,16H,8H2,1-4H3. The molecule has 5 nitrogen and oxygen atoms in total. The lowest BCUT2D eigenvalue weighted by Crippen LogP contribution is -2.09. The number of hydrogen-bond acceptors (Lipinski definition) is 5. The Morgan fingerprint density at radius 3 is 2.67 bits per heavy atom. The van der Waals surface area contributed by atoms with Gasteiger partial charge in [0.25, 0.3) is 5.69 Å². The highest BCUT2D eigenvalue weighted by atomic mass is 32.1. The molecular formula is C15H19N3O2S. The highest BCUT2D eigenvalue weighted by molar-refractivity contribution is 7.11. The van der Waals surface area contributed by atoms with E-state index in [1.54, 1.807) is 30.4 Å². The van der Waals surface area contributed by atoms with Crippen molar-refractivity contribution >= 4 is 22.7 Å². The van der Waals surface area contributed by atoms with Gasteiger partial charge in [-0.15, -0.1) is 11.3 Å². The van der Waals surface area contributed by atoms with Crippen molar-refractivity contribution in [1.82, 2.24) is 4.98 Å². The number of nitrogens with one attached hydrogen (secondary N) is 1. The summed E-state index contributed by atoms with van der Waals surface area (Å²) >= 11 is 1.67. The van der Waals surface area contributed by atoms with Crippen LogP contribution in [-0.2, 0) is 12.0 Å². The normalized spacial score (nSPS) is 11.4. The van der Waals surface area contributed by atoms with E-state index in [2.05, 4.69) is 31.1 Å². The molecule has 112 valence electrons. The van der Waals surface area contributed by atoms with Crippen molar-refractivity contribution in [1.29, 1.82) is 0 Å². The maximum atomic E-state index is 10.9. The first-order valence-electron chi connectivity index (χ1n) is 6.71. The number of nitro benzene ring substituents is 1. The van der Waals surface area contributed by atoms with Crippen LogP contribution >= 0.6 is 11.3 Å². The molecular weight excluding hydrogens is 286 g/mol. The van der Waals surface area contributed by atoms with Crippen molar-refractivity contribution in [2.24, 2.45) is 0 Å². The van der Waals surface area contributed by atoms with Crippen LogP contribution in [0.5, 0.6) is 0 Å². The maximum Gasteiger partial charge on any atom is 0.274 e. The Morgan fingerprint density at radius 1 is 1.38 bits per heavy atom. The summed E-state index contributed by atoms with van der Waals surface area (Å²) in [6.07, 6.45) is 1.86. The van der Waals surface area contributed by atoms with Crippen molar-refractivity contribution in [3.63, 3.8) is 0 Å². The Morgan fingerprint density at radius 2 is 2.10 bits per heavy atom. The Bertz CT molecular complexity index is 659. The summed E-state index contributed by atoms with van der Waals surface area (Å²) in [4.78, 5) is 16.1. The molecule has 0 aliphatic heterocycles. The van der Waals surface area contributed by atoms with Crippen LogP contribution in [0.3, 0.4) is 0 Å². The summed E-state index contributed by atoms with van der Waals surface area (Å²) in [6.45, 7) is 8.75. The van der Waals surface area contributed by atoms with Crippen molar-refractivity contribution in [3.8, 4) is 0 Å². The zero-order chi connectivity index (χ0) is 15.6. The lowest BCUT2D eigenvalue weighted by Gasteiger charge is -2.13. The van der Waals surface area contributed by atoms with E-state index in [0.717, 1.165) is 15.6 Å². The molecule has 0 amide bonds. The molecule has 0 saturated heterocycles. The molecule has 21 heavy (non-hydrogen) atoms. The summed E-state index contributed by atoms with van der Waals surface area (Å²) in [5.74, 6) is 0. The average Bonchev–Trinajstić information content (AvgIpc) is 2.86. The number of nitro groups is 1. The van der Waals surface area contributed by atoms with Gasteiger partial charge in [-0.1, -0.05) is 26.8 Å². The van der Waals surface area contributed by atoms with E-state index in [4.69, 9.17) is 0 Å². The third-order valence-corrected chi connectivity index (χ3v) is 4.49. The lowest BCUT2D eigenvalue weighted by molar-refractivity contribution is -0.385. The number of nitrogens with zero attached hydrogens (tertiary/aromatic N) is 2. The molecule has 1 heterocycles. The molecule has 0 aliphatic carbocycles. The SMILES string of the molecule is Cc1ccc(NCc2cnc(C(C)(C)C)s2)cc1[N+](=O)[O-]. The molecule has 0 aliphatic rings. The molecule has 0 saturated carbocycles. The number of thiazole rings is 1. The number of anilines is 1. The van der Waals surface area contributed by atoms with Crippen molar-refractivity contribution in [3.05, 3.63) is 50.0 Å². The average molecular weight is 305 g/mol. The van der Waals surface area contributed by atoms with Crippen molar-refractivity contribution < 1.29 is 4.92 Å². The molecule has 2 aromatic rings. The van der Waals surface area contributed by atoms with Gasteiger partial charge in [0.2, 0.25) is 0 Å². The molecule has 6 heteroatoms. The minimum atomic E-state index is -0.356. The Labute approximate surface area is 128 Å². The van der Waals surface area contributed by atoms with Gasteiger partial charge < -0.3 is 5.32 Å². The summed E-state index contributed by atoms with van der Waals surface area (Å²) in [5, 5.41) is 15.2. The second-order valence-electron chi connectivity index (χ2n) is 5.99. The quantitative estimate of drug-likeness (QED) is 0.676. The van der Waals surface area contributed by atoms with Crippen LogP contribution in [0.1, 0.15) is 36.2 Å². The third-order valence-electron chi connectivity index (χ3n) is 3.07. The van der Waals surface area contributed by atoms with Crippen LogP contribution < -0.4 is 5.32 Å². The van der Waals surface area contributed by atoms with Crippen molar-refractivity contribution in [2.45, 2.75) is 39.7 Å². The Kier molecular flexibility index (Phi) is 4.27. The summed E-state index contributed by atoms with van der Waals surface area (Å²) in [5.41, 5.74) is 1.60. The number of hydrogen-bond donors (Lipinski definition) is 1. The highest BCUT2D eigenvalue weighted by Crippen LogP contribution is 2.28. The highest BCUT2D eigenvalue weighted by Gasteiger charge is 2.18. The predicted octanol–water partition coefficient (Wildman–Crippen LogP) is 4.27. The molecule has 0 radical (unpaired) electrons. The van der Waals surface area contributed by atoms with Gasteiger partial charge in [0.05, 0.1) is 16.5 Å². The fraction of sp³-hybridized carbons (Fsp3) is 0.400. The van der Waals surface area contributed by atoms with E-state index in [1.807, 2.05) is 12.3 Å². The van der Waals surface area contributed by atoms with Gasteiger partial charge in [0.15, 0.2) is 0 Å². The van der Waals surface area contributed by atoms with Crippen LogP contribution in [0.25, 0.3) is 0 Å². The number of benzene rings is 1. The smallest absolute Gasteiger partial charge is 0.274 e. The van der Waals surface area contributed by atoms with E-state index in [9.17, 15) is 10.1 Å². The number of aromatic nitrogens is 1. The van der Waals surface area contributed by atoms with Gasteiger partial charge in [-0.05, 0) is 13.0 Å². The molecule has 0 atom stereocenters. The lowest BCUT2D eigenvalue weighted by atomic mass is 9.98. The molecule has 1 aromatic carbocycles. The first-order valence-corrected chi connectivity index (χ1v) is 7.53. The van der Waals surface area contributed by atoms with Gasteiger partial charge in [0, 0.05) is 33.8 Å². The maximum absolute atomic E-state index is 10.9. The molecule has 0 fully saturated rings. The molecule has 2 rings (SSSR count). The first kappa shape index (κ1) is 15.4. The summed E-state index contributed by atoms with van der Waals surface area (Å²) in [7, 11) is 0. The molecule has 0 bridgehead atoms. The molecule has 1 N–H and O–H groups in total. The first-order chi connectivity index (χ1) is 9.77. The van der Waals surface area contributed by atoms with Crippen LogP contribution in [0, 0.1) is 17.0 Å². The van der Waals surface area contributed by atoms with E-state index in [-0.39, 0.29) is 16.0 Å². The molecule has 1 aromatic heterocycles. The monoisotopic (exact) mass is 305 g/mol. The van der Waals surface area contributed by atoms with E-state index >= 15 is 0 Å². The topological polar surface area (TPSA) is 68.1 Å². The molecule has 0 unspecified atom stereocenters. The zero-order valence-electron chi connectivity index (χ0n) is 12.6. The minimum Gasteiger partial charge on any atom is -0.380 e. The van der Waals surface area contributed by atoms with Gasteiger partial charge >= 0.3 is 0 Å².